The van der Waals surface area contributed by atoms with Gasteiger partial charge in [-0.25, -0.2) is 4.72 Å². The van der Waals surface area contributed by atoms with Crippen molar-refractivity contribution in [3.8, 4) is 0 Å². The van der Waals surface area contributed by atoms with Crippen molar-refractivity contribution in [3.05, 3.63) is 0 Å². The van der Waals surface area contributed by atoms with Crippen LogP contribution < -0.4 is 9.44 Å². The Morgan fingerprint density at radius 3 is 2.27 bits per heavy atom. The van der Waals surface area contributed by atoms with E-state index in [1.807, 2.05) is 6.92 Å². The molecule has 0 amide bonds. The first kappa shape index (κ1) is 14.3. The molecule has 0 saturated carbocycles. The fourth-order valence-corrected chi connectivity index (χ4v) is 2.18. The lowest BCUT2D eigenvalue weighted by Crippen LogP contribution is -2.49. The van der Waals surface area contributed by atoms with E-state index < -0.39 is 22.2 Å². The maximum Gasteiger partial charge on any atom is 0.322 e. The van der Waals surface area contributed by atoms with Crippen molar-refractivity contribution in [2.75, 3.05) is 6.54 Å². The molecule has 0 unspecified atom stereocenters. The van der Waals surface area contributed by atoms with Crippen LogP contribution in [0.1, 0.15) is 27.2 Å². The summed E-state index contributed by atoms with van der Waals surface area (Å²) in [6.45, 7) is 5.39. The third kappa shape index (κ3) is 5.71. The van der Waals surface area contributed by atoms with E-state index in [1.165, 1.54) is 0 Å². The van der Waals surface area contributed by atoms with Gasteiger partial charge in [0.25, 0.3) is 10.2 Å². The molecule has 0 aromatic heterocycles. The van der Waals surface area contributed by atoms with Crippen LogP contribution in [0.25, 0.3) is 0 Å². The Kier molecular flexibility index (Phi) is 5.77. The smallest absolute Gasteiger partial charge is 0.322 e. The van der Waals surface area contributed by atoms with Crippen LogP contribution in [0.4, 0.5) is 0 Å². The zero-order chi connectivity index (χ0) is 12.1. The highest BCUT2D eigenvalue weighted by atomic mass is 32.2. The fraction of sp³-hybridized carbons (Fsp3) is 0.875. The van der Waals surface area contributed by atoms with Crippen LogP contribution in [-0.4, -0.2) is 32.1 Å². The predicted molar refractivity (Wildman–Crippen MR) is 56.6 cm³/mol. The summed E-state index contributed by atoms with van der Waals surface area (Å²) in [6.07, 6.45) is 0.653. The highest BCUT2D eigenvalue weighted by Gasteiger charge is 2.26. The molecule has 1 atom stereocenters. The van der Waals surface area contributed by atoms with E-state index in [1.54, 1.807) is 13.8 Å². The van der Waals surface area contributed by atoms with E-state index in [2.05, 4.69) is 9.44 Å². The van der Waals surface area contributed by atoms with Crippen molar-refractivity contribution in [3.63, 3.8) is 0 Å². The minimum absolute atomic E-state index is 0.291. The highest BCUT2D eigenvalue weighted by Crippen LogP contribution is 2.02. The third-order valence-corrected chi connectivity index (χ3v) is 2.91. The molecular formula is C8H18N2O4S. The van der Waals surface area contributed by atoms with Crippen LogP contribution in [0.2, 0.25) is 0 Å². The summed E-state index contributed by atoms with van der Waals surface area (Å²) in [5.74, 6) is -1.48. The Hall–Kier alpha value is -0.660. The number of carboxylic acid groups (broad SMARTS) is 1. The van der Waals surface area contributed by atoms with Gasteiger partial charge in [-0.3, -0.25) is 4.79 Å². The van der Waals surface area contributed by atoms with Crippen LogP contribution >= 0.6 is 0 Å². The molecule has 0 aliphatic carbocycles. The molecular weight excluding hydrogens is 220 g/mol. The number of aliphatic carboxylic acids is 1. The third-order valence-electron chi connectivity index (χ3n) is 1.76. The summed E-state index contributed by atoms with van der Waals surface area (Å²) >= 11 is 0. The van der Waals surface area contributed by atoms with Crippen molar-refractivity contribution in [1.82, 2.24) is 9.44 Å². The first-order valence-corrected chi connectivity index (χ1v) is 6.28. The minimum atomic E-state index is -3.71. The van der Waals surface area contributed by atoms with E-state index >= 15 is 0 Å². The van der Waals surface area contributed by atoms with Gasteiger partial charge in [0.15, 0.2) is 0 Å². The van der Waals surface area contributed by atoms with Crippen LogP contribution in [0.5, 0.6) is 0 Å². The Balaban J connectivity index is 4.46. The molecule has 0 bridgehead atoms. The molecule has 0 fully saturated rings. The quantitative estimate of drug-likeness (QED) is 0.578. The van der Waals surface area contributed by atoms with Gasteiger partial charge in [-0.2, -0.15) is 13.1 Å². The lowest BCUT2D eigenvalue weighted by molar-refractivity contribution is -0.140. The van der Waals surface area contributed by atoms with Crippen molar-refractivity contribution < 1.29 is 18.3 Å². The lowest BCUT2D eigenvalue weighted by atomic mass is 10.1. The summed E-state index contributed by atoms with van der Waals surface area (Å²) in [7, 11) is -3.71. The Morgan fingerprint density at radius 1 is 1.40 bits per heavy atom. The molecule has 0 aromatic carbocycles. The van der Waals surface area contributed by atoms with E-state index in [0.29, 0.717) is 13.0 Å². The summed E-state index contributed by atoms with van der Waals surface area (Å²) < 4.78 is 27.0. The fourth-order valence-electron chi connectivity index (χ4n) is 0.917. The van der Waals surface area contributed by atoms with Crippen LogP contribution in [-0.2, 0) is 15.0 Å². The van der Waals surface area contributed by atoms with Crippen LogP contribution in [0.3, 0.4) is 0 Å². The summed E-state index contributed by atoms with van der Waals surface area (Å²) in [4.78, 5) is 10.7. The number of carbonyl (C=O) groups is 1. The molecule has 15 heavy (non-hydrogen) atoms. The molecule has 0 rings (SSSR count). The van der Waals surface area contributed by atoms with Crippen molar-refractivity contribution >= 4 is 16.2 Å². The van der Waals surface area contributed by atoms with E-state index in [0.717, 1.165) is 0 Å². The van der Waals surface area contributed by atoms with Gasteiger partial charge in [0.05, 0.1) is 0 Å². The Bertz CT molecular complexity index is 300. The largest absolute Gasteiger partial charge is 0.480 e. The maximum atomic E-state index is 11.3. The second kappa shape index (κ2) is 6.04. The van der Waals surface area contributed by atoms with Gasteiger partial charge in [0.1, 0.15) is 6.04 Å². The standard InChI is InChI=1S/C8H18N2O4S/c1-4-5-9-15(13,14)10-7(6(2)3)8(11)12/h6-7,9-10H,4-5H2,1-3H3,(H,11,12)/t7-/m0/s1. The van der Waals surface area contributed by atoms with Gasteiger partial charge >= 0.3 is 5.97 Å². The van der Waals surface area contributed by atoms with E-state index in [9.17, 15) is 13.2 Å². The molecule has 7 heteroatoms. The van der Waals surface area contributed by atoms with Crippen LogP contribution in [0, 0.1) is 5.92 Å². The average Bonchev–Trinajstić information content (AvgIpc) is 2.10. The van der Waals surface area contributed by atoms with Gasteiger partial charge in [-0.05, 0) is 12.3 Å². The lowest BCUT2D eigenvalue weighted by Gasteiger charge is -2.17. The molecule has 6 nitrogen and oxygen atoms in total. The van der Waals surface area contributed by atoms with Crippen molar-refractivity contribution in [2.45, 2.75) is 33.2 Å². The van der Waals surface area contributed by atoms with Gasteiger partial charge in [-0.1, -0.05) is 20.8 Å². The molecule has 0 saturated heterocycles. The average molecular weight is 238 g/mol. The van der Waals surface area contributed by atoms with E-state index in [4.69, 9.17) is 5.11 Å². The zero-order valence-electron chi connectivity index (χ0n) is 9.15. The van der Waals surface area contributed by atoms with Crippen LogP contribution in [0.15, 0.2) is 0 Å². The predicted octanol–water partition coefficient (Wildman–Crippen LogP) is -0.0704. The second-order valence-corrected chi connectivity index (χ2v) is 5.11. The first-order valence-electron chi connectivity index (χ1n) is 4.80. The maximum absolute atomic E-state index is 11.3. The number of rotatable bonds is 7. The summed E-state index contributed by atoms with van der Waals surface area (Å²) in [5, 5.41) is 8.78. The minimum Gasteiger partial charge on any atom is -0.480 e. The van der Waals surface area contributed by atoms with Gasteiger partial charge in [0, 0.05) is 6.54 Å². The monoisotopic (exact) mass is 238 g/mol. The summed E-state index contributed by atoms with van der Waals surface area (Å²) in [5.41, 5.74) is 0. The molecule has 3 N–H and O–H groups in total. The highest BCUT2D eigenvalue weighted by molar-refractivity contribution is 7.87. The molecule has 0 aliphatic rings. The zero-order valence-corrected chi connectivity index (χ0v) is 9.97. The number of nitrogens with one attached hydrogen (secondary N) is 2. The van der Waals surface area contributed by atoms with Crippen molar-refractivity contribution in [2.24, 2.45) is 5.92 Å². The molecule has 0 heterocycles. The van der Waals surface area contributed by atoms with Gasteiger partial charge < -0.3 is 5.11 Å². The van der Waals surface area contributed by atoms with Gasteiger partial charge in [0.2, 0.25) is 0 Å². The second-order valence-electron chi connectivity index (χ2n) is 3.58. The molecule has 0 aliphatic heterocycles. The SMILES string of the molecule is CCCNS(=O)(=O)N[C@H](C(=O)O)C(C)C. The molecule has 0 aromatic rings. The summed E-state index contributed by atoms with van der Waals surface area (Å²) in [6, 6.07) is -1.10. The molecule has 0 spiro atoms. The molecule has 0 radical (unpaired) electrons. The first-order chi connectivity index (χ1) is 6.80. The molecule has 90 valence electrons. The van der Waals surface area contributed by atoms with E-state index in [-0.39, 0.29) is 5.92 Å². The van der Waals surface area contributed by atoms with Crippen molar-refractivity contribution in [1.29, 1.82) is 0 Å². The topological polar surface area (TPSA) is 95.5 Å². The Labute approximate surface area is 90.2 Å². The number of carboxylic acids is 1. The number of hydrogen-bond donors (Lipinski definition) is 3. The number of hydrogen-bond acceptors (Lipinski definition) is 3. The van der Waals surface area contributed by atoms with Gasteiger partial charge in [-0.15, -0.1) is 0 Å². The normalized spacial score (nSPS) is 14.1. The Morgan fingerprint density at radius 2 is 1.93 bits per heavy atom.